The third-order valence-corrected chi connectivity index (χ3v) is 0.607. The highest BCUT2D eigenvalue weighted by atomic mass is 16.6. The Bertz CT molecular complexity index is 129. The van der Waals surface area contributed by atoms with Crippen LogP contribution >= 0.6 is 0 Å². The first-order valence-corrected chi connectivity index (χ1v) is 2.49. The highest BCUT2D eigenvalue weighted by molar-refractivity contribution is 5.87. The summed E-state index contributed by atoms with van der Waals surface area (Å²) in [5.74, 6) is -0.502. The summed E-state index contributed by atoms with van der Waals surface area (Å²) in [6.45, 7) is 8.15. The van der Waals surface area contributed by atoms with Crippen molar-refractivity contribution in [3.8, 4) is 0 Å². The van der Waals surface area contributed by atoms with Gasteiger partial charge in [0.25, 0.3) is 0 Å². The standard InChI is InChI=1S/C6H10NO2/c1-4(2)6(8)9-5(3)7/h5H,1,3,7H2,2H3. The van der Waals surface area contributed by atoms with Gasteiger partial charge in [-0.1, -0.05) is 6.58 Å². The first kappa shape index (κ1) is 8.17. The van der Waals surface area contributed by atoms with E-state index in [4.69, 9.17) is 5.73 Å². The minimum absolute atomic E-state index is 0.328. The van der Waals surface area contributed by atoms with Gasteiger partial charge in [0.1, 0.15) is 0 Å². The molecule has 9 heavy (non-hydrogen) atoms. The van der Waals surface area contributed by atoms with E-state index in [0.29, 0.717) is 5.57 Å². The first-order chi connectivity index (χ1) is 4.04. The number of carbonyl (C=O) groups is 1. The van der Waals surface area contributed by atoms with Crippen LogP contribution in [0, 0.1) is 6.92 Å². The fourth-order valence-electron chi connectivity index (χ4n) is 0.238. The fourth-order valence-corrected chi connectivity index (χ4v) is 0.238. The lowest BCUT2D eigenvalue weighted by Gasteiger charge is -2.05. The molecule has 3 heteroatoms. The molecule has 0 aromatic rings. The predicted octanol–water partition coefficient (Wildman–Crippen LogP) is 0.225. The van der Waals surface area contributed by atoms with Crippen LogP contribution in [0.3, 0.4) is 0 Å². The van der Waals surface area contributed by atoms with Crippen molar-refractivity contribution in [2.75, 3.05) is 0 Å². The third kappa shape index (κ3) is 3.73. The summed E-state index contributed by atoms with van der Waals surface area (Å²) in [5.41, 5.74) is 5.36. The van der Waals surface area contributed by atoms with Gasteiger partial charge in [-0.3, -0.25) is 5.73 Å². The molecular formula is C6H10NO2. The zero-order valence-corrected chi connectivity index (χ0v) is 5.39. The maximum atomic E-state index is 10.5. The lowest BCUT2D eigenvalue weighted by Crippen LogP contribution is -2.23. The lowest BCUT2D eigenvalue weighted by molar-refractivity contribution is -0.141. The molecule has 1 atom stereocenters. The van der Waals surface area contributed by atoms with Crippen molar-refractivity contribution in [2.24, 2.45) is 5.73 Å². The van der Waals surface area contributed by atoms with Crippen LogP contribution < -0.4 is 5.73 Å². The van der Waals surface area contributed by atoms with Crippen LogP contribution in [0.15, 0.2) is 12.2 Å². The smallest absolute Gasteiger partial charge is 0.334 e. The Balaban J connectivity index is 3.65. The molecule has 0 aliphatic carbocycles. The summed E-state index contributed by atoms with van der Waals surface area (Å²) < 4.78 is 4.44. The maximum absolute atomic E-state index is 10.5. The van der Waals surface area contributed by atoms with E-state index in [2.05, 4.69) is 18.2 Å². The summed E-state index contributed by atoms with van der Waals surface area (Å²) in [6.07, 6.45) is -0.797. The SMILES string of the molecule is [CH2]C(N)OC(=O)C(=C)C. The van der Waals surface area contributed by atoms with Gasteiger partial charge in [0.15, 0.2) is 6.23 Å². The summed E-state index contributed by atoms with van der Waals surface area (Å²) in [6, 6.07) is 0. The molecule has 0 aromatic carbocycles. The van der Waals surface area contributed by atoms with Crippen molar-refractivity contribution < 1.29 is 9.53 Å². The van der Waals surface area contributed by atoms with E-state index < -0.39 is 12.2 Å². The zero-order chi connectivity index (χ0) is 7.44. The molecule has 0 aliphatic rings. The molecule has 0 saturated heterocycles. The molecule has 0 saturated carbocycles. The van der Waals surface area contributed by atoms with Gasteiger partial charge in [-0.2, -0.15) is 0 Å². The largest absolute Gasteiger partial charge is 0.443 e. The highest BCUT2D eigenvalue weighted by Gasteiger charge is 2.04. The van der Waals surface area contributed by atoms with Crippen LogP contribution in [-0.4, -0.2) is 12.2 Å². The fraction of sp³-hybridized carbons (Fsp3) is 0.333. The number of ether oxygens (including phenoxy) is 1. The highest BCUT2D eigenvalue weighted by Crippen LogP contribution is 1.92. The molecule has 51 valence electrons. The van der Waals surface area contributed by atoms with Crippen molar-refractivity contribution in [1.82, 2.24) is 0 Å². The van der Waals surface area contributed by atoms with Gasteiger partial charge in [0.2, 0.25) is 0 Å². The van der Waals surface area contributed by atoms with Crippen molar-refractivity contribution in [1.29, 1.82) is 0 Å². The van der Waals surface area contributed by atoms with Crippen molar-refractivity contribution >= 4 is 5.97 Å². The predicted molar refractivity (Wildman–Crippen MR) is 34.2 cm³/mol. The molecule has 0 fully saturated rings. The maximum Gasteiger partial charge on any atom is 0.334 e. The molecule has 0 aromatic heterocycles. The van der Waals surface area contributed by atoms with Crippen molar-refractivity contribution in [3.63, 3.8) is 0 Å². The van der Waals surface area contributed by atoms with E-state index in [9.17, 15) is 4.79 Å². The molecule has 1 radical (unpaired) electrons. The van der Waals surface area contributed by atoms with Crippen LogP contribution in [0.5, 0.6) is 0 Å². The average Bonchev–Trinajstić information content (AvgIpc) is 1.63. The van der Waals surface area contributed by atoms with E-state index in [0.717, 1.165) is 0 Å². The van der Waals surface area contributed by atoms with E-state index in [-0.39, 0.29) is 0 Å². The molecule has 0 aliphatic heterocycles. The second kappa shape index (κ2) is 3.25. The Morgan fingerprint density at radius 1 is 1.78 bits per heavy atom. The minimum Gasteiger partial charge on any atom is -0.443 e. The molecule has 0 bridgehead atoms. The van der Waals surface area contributed by atoms with Gasteiger partial charge in [0, 0.05) is 12.5 Å². The average molecular weight is 128 g/mol. The molecule has 0 heterocycles. The Hall–Kier alpha value is -0.830. The number of esters is 1. The normalized spacial score (nSPS) is 12.3. The summed E-state index contributed by atoms with van der Waals surface area (Å²) in [7, 11) is 0. The summed E-state index contributed by atoms with van der Waals surface area (Å²) >= 11 is 0. The Morgan fingerprint density at radius 3 is 2.33 bits per heavy atom. The van der Waals surface area contributed by atoms with Gasteiger partial charge >= 0.3 is 5.97 Å². The van der Waals surface area contributed by atoms with Gasteiger partial charge in [-0.05, 0) is 6.92 Å². The van der Waals surface area contributed by atoms with E-state index >= 15 is 0 Å². The topological polar surface area (TPSA) is 52.3 Å². The Kier molecular flexibility index (Phi) is 2.95. The number of rotatable bonds is 2. The van der Waals surface area contributed by atoms with Crippen LogP contribution in [0.25, 0.3) is 0 Å². The number of hydrogen-bond donors (Lipinski definition) is 1. The Morgan fingerprint density at radius 2 is 2.22 bits per heavy atom. The van der Waals surface area contributed by atoms with Crippen LogP contribution in [0.2, 0.25) is 0 Å². The third-order valence-electron chi connectivity index (χ3n) is 0.607. The summed E-state index contributed by atoms with van der Waals surface area (Å²) in [5, 5.41) is 0. The second-order valence-corrected chi connectivity index (χ2v) is 1.72. The van der Waals surface area contributed by atoms with Gasteiger partial charge in [-0.25, -0.2) is 4.79 Å². The molecule has 1 unspecified atom stereocenters. The molecule has 3 nitrogen and oxygen atoms in total. The second-order valence-electron chi connectivity index (χ2n) is 1.72. The summed E-state index contributed by atoms with van der Waals surface area (Å²) in [4.78, 5) is 10.5. The van der Waals surface area contributed by atoms with E-state index in [1.54, 1.807) is 6.92 Å². The lowest BCUT2D eigenvalue weighted by atomic mass is 10.4. The van der Waals surface area contributed by atoms with Crippen LogP contribution in [0.1, 0.15) is 6.92 Å². The first-order valence-electron chi connectivity index (χ1n) is 2.49. The zero-order valence-electron chi connectivity index (χ0n) is 5.39. The quantitative estimate of drug-likeness (QED) is 0.329. The number of carbonyl (C=O) groups excluding carboxylic acids is 1. The molecule has 2 N–H and O–H groups in total. The van der Waals surface area contributed by atoms with Crippen LogP contribution in [0.4, 0.5) is 0 Å². The molecule has 0 rings (SSSR count). The minimum atomic E-state index is -0.797. The van der Waals surface area contributed by atoms with E-state index in [1.165, 1.54) is 0 Å². The van der Waals surface area contributed by atoms with Gasteiger partial charge in [0.05, 0.1) is 0 Å². The van der Waals surface area contributed by atoms with Gasteiger partial charge in [-0.15, -0.1) is 0 Å². The monoisotopic (exact) mass is 128 g/mol. The number of nitrogens with two attached hydrogens (primary N) is 1. The molecular weight excluding hydrogens is 118 g/mol. The van der Waals surface area contributed by atoms with Crippen molar-refractivity contribution in [3.05, 3.63) is 19.1 Å². The van der Waals surface area contributed by atoms with Gasteiger partial charge < -0.3 is 4.74 Å². The Labute approximate surface area is 54.5 Å². The van der Waals surface area contributed by atoms with Crippen molar-refractivity contribution in [2.45, 2.75) is 13.2 Å². The number of hydrogen-bond acceptors (Lipinski definition) is 3. The van der Waals surface area contributed by atoms with Crippen LogP contribution in [-0.2, 0) is 9.53 Å². The molecule has 0 spiro atoms. The van der Waals surface area contributed by atoms with E-state index in [1.807, 2.05) is 0 Å². The molecule has 0 amide bonds.